The third-order valence-corrected chi connectivity index (χ3v) is 6.38. The first-order valence-corrected chi connectivity index (χ1v) is 12.8. The van der Waals surface area contributed by atoms with Gasteiger partial charge in [-0.2, -0.15) is 0 Å². The summed E-state index contributed by atoms with van der Waals surface area (Å²) in [7, 11) is 8.58. The number of thiol groups is 2. The van der Waals surface area contributed by atoms with Gasteiger partial charge in [0.15, 0.2) is 0 Å². The van der Waals surface area contributed by atoms with E-state index in [0.29, 0.717) is 11.3 Å². The summed E-state index contributed by atoms with van der Waals surface area (Å²) in [6.07, 6.45) is 0. The van der Waals surface area contributed by atoms with E-state index in [1.165, 1.54) is 0 Å². The summed E-state index contributed by atoms with van der Waals surface area (Å²) in [5.74, 6) is -0.879. The van der Waals surface area contributed by atoms with Gasteiger partial charge in [0, 0.05) is 0 Å². The molecule has 0 unspecified atom stereocenters. The standard InChI is InChI=1S/C7H9AsN2OS2.C7H6O2/c9-7(11)10-6-3-1-5(2-4-6)8(12)13;8-7(9)6-4-2-1-3-5-6/h1-4,12-13H,(H3,9,10,11);1-5H,(H,8,9). The Morgan fingerprint density at radius 1 is 1.00 bits per heavy atom. The molecule has 0 aliphatic carbocycles. The Morgan fingerprint density at radius 3 is 1.91 bits per heavy atom. The molecule has 22 heavy (non-hydrogen) atoms. The van der Waals surface area contributed by atoms with Crippen LogP contribution >= 0.6 is 21.8 Å². The Balaban J connectivity index is 0.000000235. The molecule has 0 fully saturated rings. The smallest absolute Gasteiger partial charge is 0.335 e. The Morgan fingerprint density at radius 2 is 1.55 bits per heavy atom. The second-order valence-corrected chi connectivity index (χ2v) is 12.1. The molecule has 0 radical (unpaired) electrons. The molecular weight excluding hydrogens is 383 g/mol. The summed E-state index contributed by atoms with van der Waals surface area (Å²) in [5.41, 5.74) is 5.97. The quantitative estimate of drug-likeness (QED) is 0.405. The summed E-state index contributed by atoms with van der Waals surface area (Å²) in [6.45, 7) is 0. The fourth-order valence-electron chi connectivity index (χ4n) is 1.40. The van der Waals surface area contributed by atoms with E-state index >= 15 is 0 Å². The first-order chi connectivity index (χ1) is 10.4. The summed E-state index contributed by atoms with van der Waals surface area (Å²) in [5, 5.41) is 10.9. The van der Waals surface area contributed by atoms with E-state index in [1.54, 1.807) is 42.5 Å². The van der Waals surface area contributed by atoms with E-state index in [-0.39, 0.29) is 0 Å². The normalized spacial score (nSPS) is 9.59. The van der Waals surface area contributed by atoms with Gasteiger partial charge in [-0.05, 0) is 12.1 Å². The number of nitrogens with one attached hydrogen (secondary N) is 1. The van der Waals surface area contributed by atoms with Crippen molar-refractivity contribution in [2.45, 2.75) is 0 Å². The van der Waals surface area contributed by atoms with Crippen LogP contribution in [0.4, 0.5) is 10.5 Å². The zero-order valence-corrected chi connectivity index (χ0v) is 15.0. The third kappa shape index (κ3) is 6.93. The number of carboxylic acids is 1. The molecule has 8 heteroatoms. The van der Waals surface area contributed by atoms with Crippen LogP contribution in [0, 0.1) is 0 Å². The van der Waals surface area contributed by atoms with E-state index in [1.807, 2.05) is 12.1 Å². The molecule has 0 saturated heterocycles. The summed E-state index contributed by atoms with van der Waals surface area (Å²) in [4.78, 5) is 20.7. The number of aromatic carboxylic acids is 1. The van der Waals surface area contributed by atoms with Crippen LogP contribution < -0.4 is 15.4 Å². The molecule has 0 spiro atoms. The third-order valence-electron chi connectivity index (χ3n) is 2.39. The number of hydrogen-bond donors (Lipinski definition) is 5. The molecule has 0 aromatic heterocycles. The maximum absolute atomic E-state index is 10.5. The van der Waals surface area contributed by atoms with Crippen molar-refractivity contribution in [2.24, 2.45) is 5.73 Å². The Kier molecular flexibility index (Phi) is 7.94. The van der Waals surface area contributed by atoms with Crippen LogP contribution in [-0.4, -0.2) is 29.4 Å². The van der Waals surface area contributed by atoms with Gasteiger partial charge in [-0.1, -0.05) is 18.2 Å². The largest absolute Gasteiger partial charge is 0.478 e. The SMILES string of the molecule is NC(=O)Nc1ccc([As](S)S)cc1.O=C(O)c1ccccc1. The fourth-order valence-corrected chi connectivity index (χ4v) is 3.66. The molecule has 0 heterocycles. The summed E-state index contributed by atoms with van der Waals surface area (Å²) >= 11 is -1.40. The van der Waals surface area contributed by atoms with Gasteiger partial charge < -0.3 is 5.11 Å². The van der Waals surface area contributed by atoms with Gasteiger partial charge in [-0.15, -0.1) is 0 Å². The second kappa shape index (κ2) is 9.45. The molecule has 2 aromatic carbocycles. The molecule has 2 amide bonds. The summed E-state index contributed by atoms with van der Waals surface area (Å²) in [6, 6.07) is 15.1. The molecule has 4 N–H and O–H groups in total. The Labute approximate surface area is 142 Å². The molecule has 0 aliphatic heterocycles. The van der Waals surface area contributed by atoms with Crippen molar-refractivity contribution < 1.29 is 14.7 Å². The van der Waals surface area contributed by atoms with Crippen LogP contribution in [0.5, 0.6) is 0 Å². The van der Waals surface area contributed by atoms with E-state index in [2.05, 4.69) is 27.1 Å². The number of carbonyl (C=O) groups excluding carboxylic acids is 1. The average molecular weight is 398 g/mol. The predicted octanol–water partition coefficient (Wildman–Crippen LogP) is 2.12. The predicted molar refractivity (Wildman–Crippen MR) is 96.4 cm³/mol. The number of amides is 2. The van der Waals surface area contributed by atoms with E-state index < -0.39 is 24.3 Å². The number of carboxylic acid groups (broad SMARTS) is 1. The molecule has 0 bridgehead atoms. The average Bonchev–Trinajstić information content (AvgIpc) is 2.48. The second-order valence-electron chi connectivity index (χ2n) is 4.00. The minimum absolute atomic E-state index is 0.331. The van der Waals surface area contributed by atoms with Gasteiger partial charge in [0.25, 0.3) is 0 Å². The van der Waals surface area contributed by atoms with Gasteiger partial charge in [0.2, 0.25) is 0 Å². The number of carbonyl (C=O) groups is 2. The fraction of sp³-hybridized carbons (Fsp3) is 0. The molecule has 116 valence electrons. The van der Waals surface area contributed by atoms with Gasteiger partial charge in [-0.25, -0.2) is 4.79 Å². The number of urea groups is 1. The van der Waals surface area contributed by atoms with Crippen LogP contribution in [0.15, 0.2) is 54.6 Å². The molecule has 0 aliphatic rings. The van der Waals surface area contributed by atoms with E-state index in [4.69, 9.17) is 10.8 Å². The number of anilines is 1. The van der Waals surface area contributed by atoms with Crippen LogP contribution in [-0.2, 0) is 0 Å². The number of nitrogens with two attached hydrogens (primary N) is 1. The minimum atomic E-state index is -1.40. The van der Waals surface area contributed by atoms with Crippen molar-refractivity contribution in [3.8, 4) is 0 Å². The summed E-state index contributed by atoms with van der Waals surface area (Å²) < 4.78 is 1.12. The number of rotatable bonds is 3. The first-order valence-electron chi connectivity index (χ1n) is 6.03. The Bertz CT molecular complexity index is 622. The van der Waals surface area contributed by atoms with Crippen molar-refractivity contribution >= 4 is 56.2 Å². The van der Waals surface area contributed by atoms with Crippen LogP contribution in [0.25, 0.3) is 0 Å². The Hall–Kier alpha value is -1.56. The van der Waals surface area contributed by atoms with Gasteiger partial charge >= 0.3 is 96.3 Å². The molecular formula is C14H15AsN2O3S2. The number of primary amides is 1. The maximum atomic E-state index is 10.5. The van der Waals surface area contributed by atoms with Crippen LogP contribution in [0.3, 0.4) is 0 Å². The van der Waals surface area contributed by atoms with Crippen molar-refractivity contribution in [3.05, 3.63) is 60.2 Å². The molecule has 2 aromatic rings. The molecule has 0 atom stereocenters. The molecule has 5 nitrogen and oxygen atoms in total. The zero-order chi connectivity index (χ0) is 16.5. The van der Waals surface area contributed by atoms with Crippen LogP contribution in [0.2, 0.25) is 0 Å². The molecule has 2 rings (SSSR count). The van der Waals surface area contributed by atoms with E-state index in [9.17, 15) is 9.59 Å². The zero-order valence-electron chi connectivity index (χ0n) is 11.4. The first kappa shape index (κ1) is 18.5. The van der Waals surface area contributed by atoms with Crippen molar-refractivity contribution in [1.82, 2.24) is 0 Å². The van der Waals surface area contributed by atoms with Gasteiger partial charge in [0.1, 0.15) is 0 Å². The maximum Gasteiger partial charge on any atom is 0.335 e. The van der Waals surface area contributed by atoms with Crippen molar-refractivity contribution in [1.29, 1.82) is 0 Å². The minimum Gasteiger partial charge on any atom is -0.478 e. The number of benzene rings is 2. The van der Waals surface area contributed by atoms with Crippen molar-refractivity contribution in [3.63, 3.8) is 0 Å². The van der Waals surface area contributed by atoms with Gasteiger partial charge in [0.05, 0.1) is 5.56 Å². The van der Waals surface area contributed by atoms with Crippen molar-refractivity contribution in [2.75, 3.05) is 5.32 Å². The number of hydrogen-bond acceptors (Lipinski definition) is 4. The molecule has 0 saturated carbocycles. The van der Waals surface area contributed by atoms with E-state index in [0.717, 1.165) is 4.35 Å². The topological polar surface area (TPSA) is 92.4 Å². The van der Waals surface area contributed by atoms with Crippen LogP contribution in [0.1, 0.15) is 10.4 Å². The monoisotopic (exact) mass is 398 g/mol. The van der Waals surface area contributed by atoms with Gasteiger partial charge in [-0.3, -0.25) is 0 Å².